The minimum atomic E-state index is -0.579. The molecular weight excluding hydrogens is 406 g/mol. The van der Waals surface area contributed by atoms with Crippen LogP contribution in [-0.2, 0) is 20.7 Å². The molecule has 30 heavy (non-hydrogen) atoms. The van der Waals surface area contributed by atoms with Gasteiger partial charge in [0.2, 0.25) is 5.91 Å². The molecule has 1 aromatic rings. The lowest BCUT2D eigenvalue weighted by atomic mass is 9.82. The van der Waals surface area contributed by atoms with Crippen molar-refractivity contribution in [2.45, 2.75) is 70.2 Å². The number of rotatable bonds is 5. The summed E-state index contributed by atoms with van der Waals surface area (Å²) in [4.78, 5) is 25.3. The van der Waals surface area contributed by atoms with Crippen LogP contribution in [0.4, 0.5) is 10.5 Å². The van der Waals surface area contributed by atoms with Gasteiger partial charge in [-0.05, 0) is 69.7 Å². The Morgan fingerprint density at radius 1 is 1.20 bits per heavy atom. The lowest BCUT2D eigenvalue weighted by Crippen LogP contribution is -2.57. The fraction of sp³-hybridized carbons (Fsp3) is 0.636. The van der Waals surface area contributed by atoms with Crippen LogP contribution in [0.25, 0.3) is 0 Å². The summed E-state index contributed by atoms with van der Waals surface area (Å²) in [6.45, 7) is 6.12. The first-order valence-corrected chi connectivity index (χ1v) is 10.9. The number of carbonyl (C=O) groups is 2. The first-order chi connectivity index (χ1) is 14.1. The number of hydrogen-bond acceptors (Lipinski definition) is 5. The maximum Gasteiger partial charge on any atom is 0.407 e. The van der Waals surface area contributed by atoms with Crippen LogP contribution >= 0.6 is 11.6 Å². The SMILES string of the molecule is COC[C@H]1CC[C@H](NC(=O)C2Cc3cc(Cl)ccc3N2)[C@H](NC(=O)OC(C)(C)C)C1. The third-order valence-corrected chi connectivity index (χ3v) is 5.76. The fourth-order valence-electron chi connectivity index (χ4n) is 4.21. The average Bonchev–Trinajstić information content (AvgIpc) is 3.05. The van der Waals surface area contributed by atoms with Gasteiger partial charge in [0.05, 0.1) is 6.04 Å². The molecule has 1 aliphatic carbocycles. The number of ether oxygens (including phenoxy) is 2. The van der Waals surface area contributed by atoms with Gasteiger partial charge in [0, 0.05) is 36.9 Å². The summed E-state index contributed by atoms with van der Waals surface area (Å²) >= 11 is 6.07. The summed E-state index contributed by atoms with van der Waals surface area (Å²) in [6, 6.07) is 4.87. The van der Waals surface area contributed by atoms with Crippen molar-refractivity contribution in [1.82, 2.24) is 10.6 Å². The Labute approximate surface area is 183 Å². The van der Waals surface area contributed by atoms with Gasteiger partial charge in [-0.2, -0.15) is 0 Å². The smallest absolute Gasteiger partial charge is 0.407 e. The highest BCUT2D eigenvalue weighted by Gasteiger charge is 2.36. The van der Waals surface area contributed by atoms with E-state index in [9.17, 15) is 9.59 Å². The van der Waals surface area contributed by atoms with Gasteiger partial charge in [-0.15, -0.1) is 0 Å². The molecule has 3 rings (SSSR count). The Kier molecular flexibility index (Phi) is 7.14. The van der Waals surface area contributed by atoms with Crippen LogP contribution in [0.2, 0.25) is 5.02 Å². The number of anilines is 1. The molecule has 3 N–H and O–H groups in total. The van der Waals surface area contributed by atoms with Gasteiger partial charge < -0.3 is 25.4 Å². The number of carbonyl (C=O) groups excluding carboxylic acids is 2. The highest BCUT2D eigenvalue weighted by atomic mass is 35.5. The van der Waals surface area contributed by atoms with E-state index in [-0.39, 0.29) is 24.0 Å². The molecule has 1 aliphatic heterocycles. The van der Waals surface area contributed by atoms with Crippen LogP contribution in [-0.4, -0.2) is 49.4 Å². The van der Waals surface area contributed by atoms with Gasteiger partial charge in [-0.3, -0.25) is 4.79 Å². The van der Waals surface area contributed by atoms with Gasteiger partial charge >= 0.3 is 6.09 Å². The molecule has 1 unspecified atom stereocenters. The van der Waals surface area contributed by atoms with E-state index in [1.165, 1.54) is 0 Å². The van der Waals surface area contributed by atoms with Gasteiger partial charge in [-0.1, -0.05) is 11.6 Å². The largest absolute Gasteiger partial charge is 0.444 e. The molecule has 1 saturated carbocycles. The van der Waals surface area contributed by atoms with Crippen LogP contribution in [0.15, 0.2) is 18.2 Å². The summed E-state index contributed by atoms with van der Waals surface area (Å²) in [6.07, 6.45) is 2.55. The number of hydrogen-bond donors (Lipinski definition) is 3. The van der Waals surface area contributed by atoms with Crippen molar-refractivity contribution in [3.8, 4) is 0 Å². The highest BCUT2D eigenvalue weighted by molar-refractivity contribution is 6.30. The van der Waals surface area contributed by atoms with E-state index in [1.54, 1.807) is 7.11 Å². The van der Waals surface area contributed by atoms with Crippen LogP contribution in [0.3, 0.4) is 0 Å². The molecule has 2 aliphatic rings. The monoisotopic (exact) mass is 437 g/mol. The molecule has 0 aromatic heterocycles. The maximum atomic E-state index is 13.0. The van der Waals surface area contributed by atoms with Crippen molar-refractivity contribution < 1.29 is 19.1 Å². The normalized spacial score (nSPS) is 25.8. The molecule has 1 aromatic carbocycles. The second-order valence-corrected chi connectivity index (χ2v) is 9.64. The highest BCUT2D eigenvalue weighted by Crippen LogP contribution is 2.30. The van der Waals surface area contributed by atoms with Crippen LogP contribution in [0.5, 0.6) is 0 Å². The molecule has 0 spiro atoms. The molecule has 0 bridgehead atoms. The second-order valence-electron chi connectivity index (χ2n) is 9.20. The Hall–Kier alpha value is -1.99. The topological polar surface area (TPSA) is 88.7 Å². The minimum absolute atomic E-state index is 0.0755. The Bertz CT molecular complexity index is 780. The molecule has 1 heterocycles. The Balaban J connectivity index is 1.63. The molecule has 7 nitrogen and oxygen atoms in total. The van der Waals surface area contributed by atoms with Crippen LogP contribution < -0.4 is 16.0 Å². The standard InChI is InChI=1S/C22H32ClN3O4/c1-22(2,3)30-21(28)26-18-9-13(12-29-4)5-7-17(18)25-20(27)19-11-14-10-15(23)6-8-16(14)24-19/h6,8,10,13,17-19,24H,5,7,9,11-12H2,1-4H3,(H,25,27)(H,26,28)/t13-,17-,18+,19?/m0/s1. The predicted molar refractivity (Wildman–Crippen MR) is 117 cm³/mol. The lowest BCUT2D eigenvalue weighted by molar-refractivity contribution is -0.123. The van der Waals surface area contributed by atoms with Gasteiger partial charge in [0.15, 0.2) is 0 Å². The van der Waals surface area contributed by atoms with E-state index < -0.39 is 11.7 Å². The minimum Gasteiger partial charge on any atom is -0.444 e. The molecule has 0 saturated heterocycles. The third kappa shape index (κ3) is 6.01. The summed E-state index contributed by atoms with van der Waals surface area (Å²) in [5.41, 5.74) is 1.39. The van der Waals surface area contributed by atoms with E-state index in [2.05, 4.69) is 16.0 Å². The fourth-order valence-corrected chi connectivity index (χ4v) is 4.40. The molecule has 8 heteroatoms. The number of amides is 2. The first-order valence-electron chi connectivity index (χ1n) is 10.5. The Morgan fingerprint density at radius 2 is 1.97 bits per heavy atom. The molecule has 2 amide bonds. The molecule has 0 radical (unpaired) electrons. The van der Waals surface area contributed by atoms with Crippen molar-refractivity contribution in [3.63, 3.8) is 0 Å². The van der Waals surface area contributed by atoms with Gasteiger partial charge in [-0.25, -0.2) is 4.79 Å². The predicted octanol–water partition coefficient (Wildman–Crippen LogP) is 3.50. The molecule has 166 valence electrons. The van der Waals surface area contributed by atoms with Crippen LogP contribution in [0, 0.1) is 5.92 Å². The van der Waals surface area contributed by atoms with Crippen molar-refractivity contribution in [2.24, 2.45) is 5.92 Å². The van der Waals surface area contributed by atoms with Crippen molar-refractivity contribution in [2.75, 3.05) is 19.0 Å². The zero-order valence-electron chi connectivity index (χ0n) is 18.1. The maximum absolute atomic E-state index is 13.0. The number of alkyl carbamates (subject to hydrolysis) is 1. The zero-order valence-corrected chi connectivity index (χ0v) is 18.8. The first kappa shape index (κ1) is 22.7. The zero-order chi connectivity index (χ0) is 21.9. The Morgan fingerprint density at radius 3 is 2.67 bits per heavy atom. The quantitative estimate of drug-likeness (QED) is 0.656. The average molecular weight is 438 g/mol. The van der Waals surface area contributed by atoms with E-state index in [4.69, 9.17) is 21.1 Å². The van der Waals surface area contributed by atoms with Crippen LogP contribution in [0.1, 0.15) is 45.6 Å². The summed E-state index contributed by atoms with van der Waals surface area (Å²) in [7, 11) is 1.68. The molecular formula is C22H32ClN3O4. The summed E-state index contributed by atoms with van der Waals surface area (Å²) in [5, 5.41) is 10.0. The van der Waals surface area contributed by atoms with Crippen molar-refractivity contribution in [3.05, 3.63) is 28.8 Å². The summed E-state index contributed by atoms with van der Waals surface area (Å²) < 4.78 is 10.7. The number of fused-ring (bicyclic) bond motifs is 1. The molecule has 1 fully saturated rings. The van der Waals surface area contributed by atoms with E-state index >= 15 is 0 Å². The third-order valence-electron chi connectivity index (χ3n) is 5.53. The van der Waals surface area contributed by atoms with Gasteiger partial charge in [0.25, 0.3) is 0 Å². The summed E-state index contributed by atoms with van der Waals surface area (Å²) in [5.74, 6) is 0.257. The number of benzene rings is 1. The second kappa shape index (κ2) is 9.43. The van der Waals surface area contributed by atoms with E-state index in [0.29, 0.717) is 24.0 Å². The van der Waals surface area contributed by atoms with E-state index in [1.807, 2.05) is 39.0 Å². The van der Waals surface area contributed by atoms with E-state index in [0.717, 1.165) is 30.5 Å². The molecule has 4 atom stereocenters. The number of methoxy groups -OCH3 is 1. The number of halogens is 1. The lowest BCUT2D eigenvalue weighted by Gasteiger charge is -2.37. The van der Waals surface area contributed by atoms with Crippen molar-refractivity contribution >= 4 is 29.3 Å². The van der Waals surface area contributed by atoms with Crippen molar-refractivity contribution in [1.29, 1.82) is 0 Å². The number of nitrogens with one attached hydrogen (secondary N) is 3. The van der Waals surface area contributed by atoms with Gasteiger partial charge in [0.1, 0.15) is 11.6 Å².